The van der Waals surface area contributed by atoms with Crippen molar-refractivity contribution >= 4 is 15.7 Å². The Hall–Kier alpha value is -2.61. The Morgan fingerprint density at radius 1 is 1.20 bits per heavy atom. The number of carbonyl (C=O) groups is 1. The lowest BCUT2D eigenvalue weighted by atomic mass is 10.1. The quantitative estimate of drug-likeness (QED) is 0.637. The highest BCUT2D eigenvalue weighted by Crippen LogP contribution is 2.24. The minimum absolute atomic E-state index is 0.0154. The molecule has 1 aliphatic rings. The molecule has 2 unspecified atom stereocenters. The van der Waals surface area contributed by atoms with Gasteiger partial charge in [-0.2, -0.15) is 0 Å². The smallest absolute Gasteiger partial charge is 0.263 e. The number of carbonyl (C=O) groups excluding carboxylic acids is 1. The van der Waals surface area contributed by atoms with Gasteiger partial charge in [0.1, 0.15) is 5.75 Å². The van der Waals surface area contributed by atoms with E-state index in [9.17, 15) is 17.6 Å². The van der Waals surface area contributed by atoms with Crippen LogP contribution in [0.3, 0.4) is 0 Å². The zero-order valence-corrected chi connectivity index (χ0v) is 17.9. The second kappa shape index (κ2) is 9.47. The van der Waals surface area contributed by atoms with Gasteiger partial charge in [-0.05, 0) is 50.1 Å². The number of halogens is 1. The average Bonchev–Trinajstić information content (AvgIpc) is 3.08. The summed E-state index contributed by atoms with van der Waals surface area (Å²) in [6.07, 6.45) is -0.592. The van der Waals surface area contributed by atoms with Gasteiger partial charge in [-0.3, -0.25) is 4.79 Å². The summed E-state index contributed by atoms with van der Waals surface area (Å²) in [4.78, 5) is 14.7. The van der Waals surface area contributed by atoms with Crippen LogP contribution in [-0.4, -0.2) is 49.5 Å². The first kappa shape index (κ1) is 22.1. The molecule has 1 heterocycles. The second-order valence-corrected chi connectivity index (χ2v) is 9.52. The van der Waals surface area contributed by atoms with Gasteiger partial charge in [0.05, 0.1) is 18.1 Å². The van der Waals surface area contributed by atoms with Gasteiger partial charge in [0.2, 0.25) is 0 Å². The van der Waals surface area contributed by atoms with Gasteiger partial charge in [0, 0.05) is 12.6 Å². The molecular weight excluding hydrogens is 409 g/mol. The van der Waals surface area contributed by atoms with E-state index in [1.807, 2.05) is 31.2 Å². The van der Waals surface area contributed by atoms with E-state index in [0.717, 1.165) is 11.3 Å². The monoisotopic (exact) mass is 435 g/mol. The summed E-state index contributed by atoms with van der Waals surface area (Å²) < 4.78 is 48.9. The van der Waals surface area contributed by atoms with E-state index in [2.05, 4.69) is 0 Å². The minimum atomic E-state index is -3.19. The summed E-state index contributed by atoms with van der Waals surface area (Å²) >= 11 is 0. The van der Waals surface area contributed by atoms with Gasteiger partial charge in [-0.1, -0.05) is 24.3 Å². The van der Waals surface area contributed by atoms with Crippen molar-refractivity contribution in [3.8, 4) is 11.5 Å². The van der Waals surface area contributed by atoms with Crippen LogP contribution in [0.25, 0.3) is 0 Å². The highest BCUT2D eigenvalue weighted by atomic mass is 32.2. The van der Waals surface area contributed by atoms with Gasteiger partial charge < -0.3 is 14.4 Å². The normalized spacial score (nSPS) is 18.6. The fourth-order valence-corrected chi connectivity index (χ4v) is 5.21. The molecule has 1 saturated heterocycles. The van der Waals surface area contributed by atoms with E-state index in [1.54, 1.807) is 13.0 Å². The van der Waals surface area contributed by atoms with Crippen LogP contribution in [0.1, 0.15) is 25.8 Å². The van der Waals surface area contributed by atoms with E-state index in [0.29, 0.717) is 13.0 Å². The maximum atomic E-state index is 13.9. The largest absolute Gasteiger partial charge is 0.494 e. The Balaban J connectivity index is 1.79. The van der Waals surface area contributed by atoms with Crippen LogP contribution in [0.2, 0.25) is 0 Å². The molecule has 0 bridgehead atoms. The first-order chi connectivity index (χ1) is 14.3. The van der Waals surface area contributed by atoms with E-state index in [-0.39, 0.29) is 29.7 Å². The molecular formula is C22H26FNO5S. The van der Waals surface area contributed by atoms with E-state index in [1.165, 1.54) is 23.1 Å². The van der Waals surface area contributed by atoms with Crippen molar-refractivity contribution in [3.63, 3.8) is 0 Å². The van der Waals surface area contributed by atoms with Crippen molar-refractivity contribution in [2.24, 2.45) is 0 Å². The molecule has 1 amide bonds. The molecule has 2 atom stereocenters. The number of benzene rings is 2. The molecule has 0 radical (unpaired) electrons. The van der Waals surface area contributed by atoms with Crippen LogP contribution in [0.4, 0.5) is 4.39 Å². The number of para-hydroxylation sites is 1. The molecule has 0 aliphatic carbocycles. The summed E-state index contributed by atoms with van der Waals surface area (Å²) in [6.45, 7) is 4.22. The van der Waals surface area contributed by atoms with Crippen molar-refractivity contribution in [2.75, 3.05) is 18.1 Å². The number of hydrogen-bond acceptors (Lipinski definition) is 5. The zero-order chi connectivity index (χ0) is 21.7. The molecule has 1 fully saturated rings. The molecule has 1 aliphatic heterocycles. The second-order valence-electron chi connectivity index (χ2n) is 7.29. The Bertz CT molecular complexity index is 977. The van der Waals surface area contributed by atoms with Crippen molar-refractivity contribution in [3.05, 3.63) is 59.9 Å². The first-order valence-electron chi connectivity index (χ1n) is 9.93. The van der Waals surface area contributed by atoms with Crippen molar-refractivity contribution < 1.29 is 27.1 Å². The van der Waals surface area contributed by atoms with Crippen LogP contribution >= 0.6 is 0 Å². The highest BCUT2D eigenvalue weighted by Gasteiger charge is 2.36. The van der Waals surface area contributed by atoms with Crippen molar-refractivity contribution in [1.82, 2.24) is 4.90 Å². The molecule has 6 nitrogen and oxygen atoms in total. The van der Waals surface area contributed by atoms with Gasteiger partial charge in [0.25, 0.3) is 5.91 Å². The zero-order valence-electron chi connectivity index (χ0n) is 17.1. The van der Waals surface area contributed by atoms with Crippen molar-refractivity contribution in [1.29, 1.82) is 0 Å². The Labute approximate surface area is 176 Å². The summed E-state index contributed by atoms with van der Waals surface area (Å²) in [5.41, 5.74) is 0.842. The van der Waals surface area contributed by atoms with E-state index < -0.39 is 27.8 Å². The predicted octanol–water partition coefficient (Wildman–Crippen LogP) is 3.21. The van der Waals surface area contributed by atoms with Crippen LogP contribution in [-0.2, 0) is 21.2 Å². The maximum Gasteiger partial charge on any atom is 0.263 e. The molecule has 0 aromatic heterocycles. The van der Waals surface area contributed by atoms with Crippen LogP contribution in [0.15, 0.2) is 48.5 Å². The summed E-state index contributed by atoms with van der Waals surface area (Å²) in [6, 6.07) is 12.7. The predicted molar refractivity (Wildman–Crippen MR) is 112 cm³/mol. The Kier molecular flexibility index (Phi) is 6.97. The number of nitrogens with zero attached hydrogens (tertiary/aromatic N) is 1. The van der Waals surface area contributed by atoms with Crippen LogP contribution < -0.4 is 9.47 Å². The SMILES string of the molecule is CCOc1ccc(CN(C(=O)C(C)Oc2ccccc2F)C2CCS(=O)(=O)C2)cc1. The molecule has 3 rings (SSSR count). The van der Waals surface area contributed by atoms with Crippen molar-refractivity contribution in [2.45, 2.75) is 39.0 Å². The molecule has 0 spiro atoms. The Morgan fingerprint density at radius 2 is 1.90 bits per heavy atom. The summed E-state index contributed by atoms with van der Waals surface area (Å²) in [5, 5.41) is 0. The number of rotatable bonds is 8. The first-order valence-corrected chi connectivity index (χ1v) is 11.7. The van der Waals surface area contributed by atoms with Gasteiger partial charge in [-0.25, -0.2) is 12.8 Å². The lowest BCUT2D eigenvalue weighted by Gasteiger charge is -2.31. The third-order valence-electron chi connectivity index (χ3n) is 5.01. The third-order valence-corrected chi connectivity index (χ3v) is 6.76. The van der Waals surface area contributed by atoms with Gasteiger partial charge in [0.15, 0.2) is 27.5 Å². The highest BCUT2D eigenvalue weighted by molar-refractivity contribution is 7.91. The lowest BCUT2D eigenvalue weighted by molar-refractivity contribution is -0.140. The number of sulfone groups is 1. The number of ether oxygens (including phenoxy) is 2. The van der Waals surface area contributed by atoms with Crippen LogP contribution in [0, 0.1) is 5.82 Å². The van der Waals surface area contributed by atoms with E-state index >= 15 is 0 Å². The molecule has 162 valence electrons. The topological polar surface area (TPSA) is 72.9 Å². The van der Waals surface area contributed by atoms with Gasteiger partial charge in [-0.15, -0.1) is 0 Å². The minimum Gasteiger partial charge on any atom is -0.494 e. The summed E-state index contributed by atoms with van der Waals surface area (Å²) in [5.74, 6) is -0.264. The lowest BCUT2D eigenvalue weighted by Crippen LogP contribution is -2.46. The summed E-state index contributed by atoms with van der Waals surface area (Å²) in [7, 11) is -3.19. The fourth-order valence-electron chi connectivity index (χ4n) is 3.48. The van der Waals surface area contributed by atoms with Crippen LogP contribution in [0.5, 0.6) is 11.5 Å². The molecule has 2 aromatic carbocycles. The fraction of sp³-hybridized carbons (Fsp3) is 0.409. The van der Waals surface area contributed by atoms with E-state index in [4.69, 9.17) is 9.47 Å². The Morgan fingerprint density at radius 3 is 2.50 bits per heavy atom. The number of hydrogen-bond donors (Lipinski definition) is 0. The van der Waals surface area contributed by atoms with Gasteiger partial charge >= 0.3 is 0 Å². The molecule has 8 heteroatoms. The standard InChI is InChI=1S/C22H26FNO5S/c1-3-28-19-10-8-17(9-11-19)14-24(18-12-13-30(26,27)15-18)22(25)16(2)29-21-7-5-4-6-20(21)23/h4-11,16,18H,3,12-15H2,1-2H3. The number of amides is 1. The maximum absolute atomic E-state index is 13.9. The molecule has 0 saturated carbocycles. The molecule has 2 aromatic rings. The molecule has 0 N–H and O–H groups in total. The average molecular weight is 436 g/mol. The third kappa shape index (κ3) is 5.50. The molecule has 30 heavy (non-hydrogen) atoms.